The zero-order chi connectivity index (χ0) is 18.5. The average molecular weight is 361 g/mol. The van der Waals surface area contributed by atoms with Crippen molar-refractivity contribution in [1.29, 1.82) is 0 Å². The highest BCUT2D eigenvalue weighted by molar-refractivity contribution is 5.97. The van der Waals surface area contributed by atoms with Gasteiger partial charge in [-0.25, -0.2) is 0 Å². The maximum atomic E-state index is 12.8. The third-order valence-electron chi connectivity index (χ3n) is 5.13. The second-order valence-electron chi connectivity index (χ2n) is 6.69. The molecule has 0 saturated carbocycles. The van der Waals surface area contributed by atoms with Crippen LogP contribution in [0.15, 0.2) is 18.2 Å². The molecule has 2 heterocycles. The van der Waals surface area contributed by atoms with E-state index >= 15 is 0 Å². The number of ether oxygens (including phenoxy) is 2. The highest BCUT2D eigenvalue weighted by atomic mass is 16.5. The second kappa shape index (κ2) is 8.40. The molecule has 2 amide bonds. The van der Waals surface area contributed by atoms with Crippen molar-refractivity contribution in [2.45, 2.75) is 25.3 Å². The van der Waals surface area contributed by atoms with E-state index in [4.69, 9.17) is 9.47 Å². The van der Waals surface area contributed by atoms with E-state index in [1.54, 1.807) is 37.3 Å². The number of benzene rings is 1. The molecule has 2 aliphatic heterocycles. The van der Waals surface area contributed by atoms with Crippen LogP contribution >= 0.6 is 0 Å². The van der Waals surface area contributed by atoms with E-state index in [0.717, 1.165) is 25.8 Å². The summed E-state index contributed by atoms with van der Waals surface area (Å²) in [4.78, 5) is 29.1. The zero-order valence-corrected chi connectivity index (χ0v) is 15.5. The first-order valence-electron chi connectivity index (χ1n) is 9.17. The van der Waals surface area contributed by atoms with Gasteiger partial charge in [-0.1, -0.05) is 6.42 Å². The third-order valence-corrected chi connectivity index (χ3v) is 5.13. The lowest BCUT2D eigenvalue weighted by Gasteiger charge is -2.37. The number of hydrogen-bond acceptors (Lipinski definition) is 5. The van der Waals surface area contributed by atoms with E-state index in [-0.39, 0.29) is 17.9 Å². The van der Waals surface area contributed by atoms with Crippen LogP contribution in [0.1, 0.15) is 29.6 Å². The summed E-state index contributed by atoms with van der Waals surface area (Å²) in [7, 11) is 3.12. The summed E-state index contributed by atoms with van der Waals surface area (Å²) in [5.74, 6) is 1.24. The molecule has 0 aromatic heterocycles. The molecule has 7 heteroatoms. The quantitative estimate of drug-likeness (QED) is 0.871. The first-order valence-corrected chi connectivity index (χ1v) is 9.17. The molecule has 26 heavy (non-hydrogen) atoms. The number of methoxy groups -OCH3 is 2. The number of carbonyl (C=O) groups is 2. The summed E-state index contributed by atoms with van der Waals surface area (Å²) in [6.45, 7) is 3.12. The minimum atomic E-state index is -0.0765. The lowest BCUT2D eigenvalue weighted by Crippen LogP contribution is -2.55. The van der Waals surface area contributed by atoms with Gasteiger partial charge in [-0.15, -0.1) is 0 Å². The molecule has 0 bridgehead atoms. The fraction of sp³-hybridized carbons (Fsp3) is 0.579. The van der Waals surface area contributed by atoms with E-state index < -0.39 is 0 Å². The Balaban J connectivity index is 1.61. The molecule has 2 aliphatic rings. The van der Waals surface area contributed by atoms with Gasteiger partial charge in [-0.2, -0.15) is 0 Å². The number of hydrogen-bond donors (Lipinski definition) is 1. The Labute approximate surface area is 154 Å². The fourth-order valence-electron chi connectivity index (χ4n) is 3.56. The van der Waals surface area contributed by atoms with Gasteiger partial charge in [0, 0.05) is 32.2 Å². The smallest absolute Gasteiger partial charge is 0.257 e. The molecular weight excluding hydrogens is 334 g/mol. The number of piperazine rings is 1. The van der Waals surface area contributed by atoms with E-state index in [1.165, 1.54) is 0 Å². The first-order chi connectivity index (χ1) is 12.6. The Morgan fingerprint density at radius 2 is 1.77 bits per heavy atom. The molecule has 1 atom stereocenters. The highest BCUT2D eigenvalue weighted by Gasteiger charge is 2.30. The van der Waals surface area contributed by atoms with Crippen LogP contribution in [0.5, 0.6) is 11.5 Å². The summed E-state index contributed by atoms with van der Waals surface area (Å²) >= 11 is 0. The van der Waals surface area contributed by atoms with Gasteiger partial charge in [0.05, 0.1) is 25.8 Å². The Morgan fingerprint density at radius 3 is 2.38 bits per heavy atom. The highest BCUT2D eigenvalue weighted by Crippen LogP contribution is 2.26. The van der Waals surface area contributed by atoms with E-state index in [9.17, 15) is 9.59 Å². The summed E-state index contributed by atoms with van der Waals surface area (Å²) in [6, 6.07) is 5.13. The average Bonchev–Trinajstić information content (AvgIpc) is 2.73. The predicted octanol–water partition coefficient (Wildman–Crippen LogP) is 1.13. The molecule has 0 radical (unpaired) electrons. The second-order valence-corrected chi connectivity index (χ2v) is 6.69. The van der Waals surface area contributed by atoms with Gasteiger partial charge in [0.25, 0.3) is 5.91 Å². The van der Waals surface area contributed by atoms with Crippen molar-refractivity contribution in [3.8, 4) is 11.5 Å². The molecule has 1 unspecified atom stereocenters. The van der Waals surface area contributed by atoms with Crippen molar-refractivity contribution < 1.29 is 19.1 Å². The van der Waals surface area contributed by atoms with Crippen molar-refractivity contribution in [3.05, 3.63) is 23.8 Å². The molecule has 0 spiro atoms. The lowest BCUT2D eigenvalue weighted by molar-refractivity contribution is -0.135. The van der Waals surface area contributed by atoms with Crippen LogP contribution in [0.2, 0.25) is 0 Å². The van der Waals surface area contributed by atoms with E-state index in [0.29, 0.717) is 43.2 Å². The third kappa shape index (κ3) is 3.93. The van der Waals surface area contributed by atoms with Crippen LogP contribution in [-0.4, -0.2) is 74.6 Å². The van der Waals surface area contributed by atoms with Crippen LogP contribution < -0.4 is 14.8 Å². The minimum absolute atomic E-state index is 0.0623. The molecule has 1 aromatic rings. The monoisotopic (exact) mass is 361 g/mol. The molecule has 2 fully saturated rings. The maximum absolute atomic E-state index is 12.8. The van der Waals surface area contributed by atoms with Crippen LogP contribution in [0.25, 0.3) is 0 Å². The summed E-state index contributed by atoms with van der Waals surface area (Å²) < 4.78 is 10.5. The van der Waals surface area contributed by atoms with Crippen LogP contribution in [-0.2, 0) is 4.79 Å². The summed E-state index contributed by atoms with van der Waals surface area (Å²) in [5.41, 5.74) is 0.516. The van der Waals surface area contributed by atoms with Gasteiger partial charge >= 0.3 is 0 Å². The molecule has 1 N–H and O–H groups in total. The number of nitrogens with zero attached hydrogens (tertiary/aromatic N) is 2. The Hall–Kier alpha value is -2.28. The van der Waals surface area contributed by atoms with Crippen molar-refractivity contribution in [2.75, 3.05) is 46.9 Å². The SMILES string of the molecule is COc1ccc(C(=O)N2CCN(C(=O)C3CCCCN3)CC2)c(OC)c1. The van der Waals surface area contributed by atoms with Crippen molar-refractivity contribution in [1.82, 2.24) is 15.1 Å². The molecule has 3 rings (SSSR count). The molecule has 1 aromatic carbocycles. The van der Waals surface area contributed by atoms with Gasteiger partial charge in [0.1, 0.15) is 11.5 Å². The van der Waals surface area contributed by atoms with E-state index in [1.807, 2.05) is 4.90 Å². The van der Waals surface area contributed by atoms with Gasteiger partial charge < -0.3 is 24.6 Å². The normalized spacial score (nSPS) is 20.6. The Morgan fingerprint density at radius 1 is 1.04 bits per heavy atom. The van der Waals surface area contributed by atoms with Crippen LogP contribution in [0.4, 0.5) is 0 Å². The van der Waals surface area contributed by atoms with E-state index in [2.05, 4.69) is 5.32 Å². The largest absolute Gasteiger partial charge is 0.497 e. The molecule has 7 nitrogen and oxygen atoms in total. The number of rotatable bonds is 4. The van der Waals surface area contributed by atoms with Crippen LogP contribution in [0, 0.1) is 0 Å². The van der Waals surface area contributed by atoms with Crippen LogP contribution in [0.3, 0.4) is 0 Å². The Bertz CT molecular complexity index is 650. The summed E-state index contributed by atoms with van der Waals surface area (Å²) in [5, 5.41) is 3.30. The minimum Gasteiger partial charge on any atom is -0.497 e. The van der Waals surface area contributed by atoms with Crippen molar-refractivity contribution in [3.63, 3.8) is 0 Å². The van der Waals surface area contributed by atoms with Crippen molar-refractivity contribution in [2.24, 2.45) is 0 Å². The molecular formula is C19H27N3O4. The zero-order valence-electron chi connectivity index (χ0n) is 15.5. The number of carbonyl (C=O) groups excluding carboxylic acids is 2. The van der Waals surface area contributed by atoms with Gasteiger partial charge in [0.15, 0.2) is 0 Å². The van der Waals surface area contributed by atoms with Gasteiger partial charge in [-0.3, -0.25) is 9.59 Å². The van der Waals surface area contributed by atoms with Gasteiger partial charge in [0.2, 0.25) is 5.91 Å². The fourth-order valence-corrected chi connectivity index (χ4v) is 3.56. The van der Waals surface area contributed by atoms with Gasteiger partial charge in [-0.05, 0) is 31.5 Å². The number of amides is 2. The molecule has 142 valence electrons. The standard InChI is InChI=1S/C19H27N3O4/c1-25-14-6-7-15(17(13-14)26-2)18(23)21-9-11-22(12-10-21)19(24)16-5-3-4-8-20-16/h6-7,13,16,20H,3-5,8-12H2,1-2H3. The van der Waals surface area contributed by atoms with Crippen molar-refractivity contribution >= 4 is 11.8 Å². The maximum Gasteiger partial charge on any atom is 0.257 e. The molecule has 2 saturated heterocycles. The number of piperidine rings is 1. The molecule has 0 aliphatic carbocycles. The lowest BCUT2D eigenvalue weighted by atomic mass is 10.0. The predicted molar refractivity (Wildman–Crippen MR) is 97.7 cm³/mol. The first kappa shape index (κ1) is 18.5. The summed E-state index contributed by atoms with van der Waals surface area (Å²) in [6.07, 6.45) is 3.13. The number of nitrogens with one attached hydrogen (secondary N) is 1. The Kier molecular flexibility index (Phi) is 5.98. The topological polar surface area (TPSA) is 71.1 Å².